The molecule has 4 nitrogen and oxygen atoms in total. The van der Waals surface area contributed by atoms with Crippen LogP contribution >= 0.6 is 0 Å². The number of H-pyrrole nitrogens is 1. The molecule has 1 heterocycles. The van der Waals surface area contributed by atoms with Crippen molar-refractivity contribution < 1.29 is 4.74 Å². The molecular formula is C15H21N3O. The lowest BCUT2D eigenvalue weighted by Crippen LogP contribution is -2.12. The Balaban J connectivity index is 2.15. The molecule has 102 valence electrons. The van der Waals surface area contributed by atoms with Gasteiger partial charge in [0, 0.05) is 17.8 Å². The van der Waals surface area contributed by atoms with E-state index in [0.717, 1.165) is 23.7 Å². The number of nitrogens with zero attached hydrogens (tertiary/aromatic N) is 1. The maximum absolute atomic E-state index is 5.95. The molecule has 4 heteroatoms. The molecule has 0 bridgehead atoms. The number of hydrogen-bond acceptors (Lipinski definition) is 3. The summed E-state index contributed by atoms with van der Waals surface area (Å²) in [4.78, 5) is 0. The number of hydrogen-bond donors (Lipinski definition) is 2. The number of benzene rings is 1. The third kappa shape index (κ3) is 3.15. The number of rotatable bonds is 5. The molecular weight excluding hydrogens is 238 g/mol. The summed E-state index contributed by atoms with van der Waals surface area (Å²) in [5, 5.41) is 10.5. The average molecular weight is 259 g/mol. The van der Waals surface area contributed by atoms with E-state index in [1.165, 1.54) is 11.1 Å². The van der Waals surface area contributed by atoms with Gasteiger partial charge in [-0.25, -0.2) is 0 Å². The van der Waals surface area contributed by atoms with Gasteiger partial charge in [-0.1, -0.05) is 17.7 Å². The molecule has 0 saturated heterocycles. The molecule has 0 aliphatic carbocycles. The summed E-state index contributed by atoms with van der Waals surface area (Å²) in [6, 6.07) is 8.07. The molecule has 1 aromatic heterocycles. The Morgan fingerprint density at radius 2 is 1.95 bits per heavy atom. The first-order valence-electron chi connectivity index (χ1n) is 6.53. The van der Waals surface area contributed by atoms with Crippen molar-refractivity contribution in [2.45, 2.75) is 33.4 Å². The van der Waals surface area contributed by atoms with E-state index in [1.807, 2.05) is 45.2 Å². The van der Waals surface area contributed by atoms with E-state index >= 15 is 0 Å². The van der Waals surface area contributed by atoms with Gasteiger partial charge in [0.1, 0.15) is 17.5 Å². The van der Waals surface area contributed by atoms with E-state index in [4.69, 9.17) is 4.74 Å². The first kappa shape index (κ1) is 13.6. The number of nitrogens with one attached hydrogen (secondary N) is 2. The number of ether oxygens (including phenoxy) is 1. The Morgan fingerprint density at radius 3 is 2.58 bits per heavy atom. The van der Waals surface area contributed by atoms with Crippen LogP contribution in [0.3, 0.4) is 0 Å². The summed E-state index contributed by atoms with van der Waals surface area (Å²) < 4.78 is 5.95. The lowest BCUT2D eigenvalue weighted by atomic mass is 10.1. The van der Waals surface area contributed by atoms with Gasteiger partial charge in [-0.2, -0.15) is 5.10 Å². The molecule has 0 amide bonds. The topological polar surface area (TPSA) is 49.9 Å². The largest absolute Gasteiger partial charge is 0.484 e. The predicted molar refractivity (Wildman–Crippen MR) is 76.3 cm³/mol. The van der Waals surface area contributed by atoms with Gasteiger partial charge in [0.2, 0.25) is 0 Å². The zero-order valence-corrected chi connectivity index (χ0v) is 11.9. The number of aryl methyl sites for hydroxylation is 2. The fraction of sp³-hybridized carbons (Fsp3) is 0.400. The zero-order valence-electron chi connectivity index (χ0n) is 11.9. The van der Waals surface area contributed by atoms with E-state index in [1.54, 1.807) is 0 Å². The van der Waals surface area contributed by atoms with Crippen molar-refractivity contribution in [3.63, 3.8) is 0 Å². The highest BCUT2D eigenvalue weighted by Gasteiger charge is 2.17. The van der Waals surface area contributed by atoms with E-state index in [0.29, 0.717) is 0 Å². The molecule has 2 aromatic rings. The first-order valence-corrected chi connectivity index (χ1v) is 6.53. The van der Waals surface area contributed by atoms with Gasteiger partial charge in [0.05, 0.1) is 0 Å². The van der Waals surface area contributed by atoms with Crippen molar-refractivity contribution in [3.8, 4) is 5.75 Å². The van der Waals surface area contributed by atoms with Gasteiger partial charge in [-0.05, 0) is 40.0 Å². The van der Waals surface area contributed by atoms with Gasteiger partial charge in [0.15, 0.2) is 0 Å². The number of aromatic nitrogens is 2. The minimum absolute atomic E-state index is 0.0731. The molecule has 2 rings (SSSR count). The van der Waals surface area contributed by atoms with Gasteiger partial charge < -0.3 is 10.1 Å². The molecule has 0 saturated carbocycles. The van der Waals surface area contributed by atoms with E-state index in [-0.39, 0.29) is 6.10 Å². The minimum Gasteiger partial charge on any atom is -0.484 e. The van der Waals surface area contributed by atoms with Gasteiger partial charge in [0.25, 0.3) is 0 Å². The maximum atomic E-state index is 5.95. The standard InChI is InChI=1S/C15H21N3O/c1-10-5-7-13(8-6-10)19-12(3)15-14(9-16-4)11(2)17-18-15/h5-8,12,16H,9H2,1-4H3,(H,17,18). The van der Waals surface area contributed by atoms with Crippen LogP contribution < -0.4 is 10.1 Å². The fourth-order valence-corrected chi connectivity index (χ4v) is 2.08. The normalized spacial score (nSPS) is 12.4. The van der Waals surface area contributed by atoms with Crippen molar-refractivity contribution in [1.82, 2.24) is 15.5 Å². The Hall–Kier alpha value is -1.81. The van der Waals surface area contributed by atoms with Gasteiger partial charge in [-0.15, -0.1) is 0 Å². The van der Waals surface area contributed by atoms with Crippen molar-refractivity contribution >= 4 is 0 Å². The number of aromatic amines is 1. The molecule has 0 aliphatic heterocycles. The molecule has 0 aliphatic rings. The summed E-state index contributed by atoms with van der Waals surface area (Å²) in [5.41, 5.74) is 4.46. The molecule has 0 fully saturated rings. The van der Waals surface area contributed by atoms with Crippen LogP contribution in [0.15, 0.2) is 24.3 Å². The van der Waals surface area contributed by atoms with Crippen molar-refractivity contribution in [1.29, 1.82) is 0 Å². The maximum Gasteiger partial charge on any atom is 0.140 e. The molecule has 2 N–H and O–H groups in total. The fourth-order valence-electron chi connectivity index (χ4n) is 2.08. The molecule has 0 radical (unpaired) electrons. The molecule has 1 atom stereocenters. The van der Waals surface area contributed by atoms with E-state index in [9.17, 15) is 0 Å². The molecule has 0 spiro atoms. The van der Waals surface area contributed by atoms with Gasteiger partial charge in [-0.3, -0.25) is 5.10 Å². The highest BCUT2D eigenvalue weighted by Crippen LogP contribution is 2.24. The monoisotopic (exact) mass is 259 g/mol. The molecule has 1 aromatic carbocycles. The highest BCUT2D eigenvalue weighted by atomic mass is 16.5. The highest BCUT2D eigenvalue weighted by molar-refractivity contribution is 5.29. The van der Waals surface area contributed by atoms with Gasteiger partial charge >= 0.3 is 0 Å². The second-order valence-corrected chi connectivity index (χ2v) is 4.82. The first-order chi connectivity index (χ1) is 9.11. The second-order valence-electron chi connectivity index (χ2n) is 4.82. The lowest BCUT2D eigenvalue weighted by molar-refractivity contribution is 0.220. The van der Waals surface area contributed by atoms with Crippen LogP contribution in [0, 0.1) is 13.8 Å². The van der Waals surface area contributed by atoms with Crippen LogP contribution in [0.4, 0.5) is 0 Å². The second kappa shape index (κ2) is 5.89. The lowest BCUT2D eigenvalue weighted by Gasteiger charge is -2.14. The summed E-state index contributed by atoms with van der Waals surface area (Å²) in [6.07, 6.45) is -0.0731. The Bertz CT molecular complexity index is 531. The molecule has 19 heavy (non-hydrogen) atoms. The van der Waals surface area contributed by atoms with E-state index < -0.39 is 0 Å². The average Bonchev–Trinajstić information content (AvgIpc) is 2.75. The quantitative estimate of drug-likeness (QED) is 0.868. The SMILES string of the molecule is CNCc1c(C(C)Oc2ccc(C)cc2)n[nH]c1C. The van der Waals surface area contributed by atoms with Crippen LogP contribution in [-0.4, -0.2) is 17.2 Å². The van der Waals surface area contributed by atoms with Crippen LogP contribution in [0.2, 0.25) is 0 Å². The third-order valence-electron chi connectivity index (χ3n) is 3.18. The van der Waals surface area contributed by atoms with Crippen LogP contribution in [-0.2, 0) is 6.54 Å². The Labute approximate surface area is 114 Å². The predicted octanol–water partition coefficient (Wildman–Crippen LogP) is 2.89. The van der Waals surface area contributed by atoms with E-state index in [2.05, 4.69) is 22.4 Å². The summed E-state index contributed by atoms with van der Waals surface area (Å²) >= 11 is 0. The third-order valence-corrected chi connectivity index (χ3v) is 3.18. The van der Waals surface area contributed by atoms with Crippen molar-refractivity contribution in [2.24, 2.45) is 0 Å². The Morgan fingerprint density at radius 1 is 1.26 bits per heavy atom. The summed E-state index contributed by atoms with van der Waals surface area (Å²) in [5.74, 6) is 0.870. The van der Waals surface area contributed by atoms with Crippen LogP contribution in [0.1, 0.15) is 35.5 Å². The zero-order chi connectivity index (χ0) is 13.8. The Kier molecular flexibility index (Phi) is 4.22. The summed E-state index contributed by atoms with van der Waals surface area (Å²) in [6.45, 7) is 6.91. The molecule has 1 unspecified atom stereocenters. The minimum atomic E-state index is -0.0731. The van der Waals surface area contributed by atoms with Crippen molar-refractivity contribution in [3.05, 3.63) is 46.8 Å². The van der Waals surface area contributed by atoms with Crippen LogP contribution in [0.5, 0.6) is 5.75 Å². The smallest absolute Gasteiger partial charge is 0.140 e. The van der Waals surface area contributed by atoms with Crippen LogP contribution in [0.25, 0.3) is 0 Å². The van der Waals surface area contributed by atoms with Crippen molar-refractivity contribution in [2.75, 3.05) is 7.05 Å². The summed E-state index contributed by atoms with van der Waals surface area (Å²) in [7, 11) is 1.93.